The number of amides is 2. The van der Waals surface area contributed by atoms with Gasteiger partial charge in [0.15, 0.2) is 6.61 Å². The van der Waals surface area contributed by atoms with E-state index in [0.29, 0.717) is 24.8 Å². The molecule has 2 N–H and O–H groups in total. The number of rotatable bonds is 6. The van der Waals surface area contributed by atoms with Crippen LogP contribution in [0, 0.1) is 0 Å². The van der Waals surface area contributed by atoms with Crippen LogP contribution >= 0.6 is 0 Å². The number of anilines is 1. The van der Waals surface area contributed by atoms with E-state index in [1.54, 1.807) is 11.0 Å². The molecule has 124 valence electrons. The van der Waals surface area contributed by atoms with E-state index in [-0.39, 0.29) is 18.4 Å². The first-order valence-electron chi connectivity index (χ1n) is 8.26. The fourth-order valence-electron chi connectivity index (χ4n) is 3.03. The fraction of sp³-hybridized carbons (Fsp3) is 0.529. The molecule has 2 aliphatic heterocycles. The van der Waals surface area contributed by atoms with Crippen LogP contribution in [0.4, 0.5) is 5.69 Å². The Morgan fingerprint density at radius 1 is 1.39 bits per heavy atom. The molecule has 0 radical (unpaired) electrons. The molecule has 6 nitrogen and oxygen atoms in total. The summed E-state index contributed by atoms with van der Waals surface area (Å²) >= 11 is 0. The number of ether oxygens (including phenoxy) is 1. The zero-order valence-electron chi connectivity index (χ0n) is 13.2. The summed E-state index contributed by atoms with van der Waals surface area (Å²) in [5, 5.41) is 6.22. The highest BCUT2D eigenvalue weighted by atomic mass is 16.5. The maximum absolute atomic E-state index is 11.8. The van der Waals surface area contributed by atoms with E-state index in [4.69, 9.17) is 4.74 Å². The lowest BCUT2D eigenvalue weighted by molar-refractivity contribution is -0.123. The van der Waals surface area contributed by atoms with Crippen LogP contribution in [0.15, 0.2) is 24.3 Å². The fourth-order valence-corrected chi connectivity index (χ4v) is 3.03. The highest BCUT2D eigenvalue weighted by Crippen LogP contribution is 2.25. The standard InChI is InChI=1S/C17H23N3O3/c21-16(19-11-13-4-2-8-18-13)12-23-15-6-1-5-14(10-15)20-9-3-7-17(20)22/h1,5-6,10,13,18H,2-4,7-9,11-12H2,(H,19,21). The highest BCUT2D eigenvalue weighted by molar-refractivity contribution is 5.95. The molecule has 0 aliphatic carbocycles. The van der Waals surface area contributed by atoms with E-state index >= 15 is 0 Å². The van der Waals surface area contributed by atoms with Crippen LogP contribution in [0.25, 0.3) is 0 Å². The van der Waals surface area contributed by atoms with Crippen LogP contribution in [0.2, 0.25) is 0 Å². The summed E-state index contributed by atoms with van der Waals surface area (Å²) < 4.78 is 5.55. The minimum Gasteiger partial charge on any atom is -0.484 e. The van der Waals surface area contributed by atoms with Crippen LogP contribution in [0.5, 0.6) is 5.75 Å². The van der Waals surface area contributed by atoms with Gasteiger partial charge in [-0.2, -0.15) is 0 Å². The van der Waals surface area contributed by atoms with Crippen molar-refractivity contribution in [3.05, 3.63) is 24.3 Å². The van der Waals surface area contributed by atoms with Gasteiger partial charge in [-0.25, -0.2) is 0 Å². The predicted molar refractivity (Wildman–Crippen MR) is 87.6 cm³/mol. The molecule has 1 atom stereocenters. The van der Waals surface area contributed by atoms with Crippen molar-refractivity contribution in [3.63, 3.8) is 0 Å². The average Bonchev–Trinajstić information content (AvgIpc) is 3.22. The summed E-state index contributed by atoms with van der Waals surface area (Å²) in [5.41, 5.74) is 0.834. The Balaban J connectivity index is 1.47. The van der Waals surface area contributed by atoms with Gasteiger partial charge in [0.1, 0.15) is 5.75 Å². The Kier molecular flexibility index (Phi) is 5.12. The molecule has 2 fully saturated rings. The van der Waals surface area contributed by atoms with Gasteiger partial charge in [0, 0.05) is 37.3 Å². The van der Waals surface area contributed by atoms with Gasteiger partial charge in [0.25, 0.3) is 5.91 Å². The quantitative estimate of drug-likeness (QED) is 0.823. The maximum atomic E-state index is 11.8. The smallest absolute Gasteiger partial charge is 0.257 e. The van der Waals surface area contributed by atoms with Crippen molar-refractivity contribution in [3.8, 4) is 5.75 Å². The molecule has 3 rings (SSSR count). The highest BCUT2D eigenvalue weighted by Gasteiger charge is 2.22. The van der Waals surface area contributed by atoms with Crippen molar-refractivity contribution in [2.45, 2.75) is 31.7 Å². The number of benzene rings is 1. The van der Waals surface area contributed by atoms with Crippen molar-refractivity contribution in [2.75, 3.05) is 31.1 Å². The van der Waals surface area contributed by atoms with Crippen molar-refractivity contribution >= 4 is 17.5 Å². The molecule has 0 saturated carbocycles. The minimum absolute atomic E-state index is 0.00980. The van der Waals surface area contributed by atoms with E-state index in [0.717, 1.165) is 31.6 Å². The van der Waals surface area contributed by atoms with Crippen molar-refractivity contribution in [2.24, 2.45) is 0 Å². The third-order valence-corrected chi connectivity index (χ3v) is 4.28. The molecule has 6 heteroatoms. The van der Waals surface area contributed by atoms with Gasteiger partial charge in [0.05, 0.1) is 0 Å². The van der Waals surface area contributed by atoms with Gasteiger partial charge in [-0.1, -0.05) is 6.07 Å². The third kappa shape index (κ3) is 4.22. The average molecular weight is 317 g/mol. The van der Waals surface area contributed by atoms with E-state index in [9.17, 15) is 9.59 Å². The molecule has 2 amide bonds. The van der Waals surface area contributed by atoms with Crippen LogP contribution in [0.3, 0.4) is 0 Å². The largest absolute Gasteiger partial charge is 0.484 e. The number of hydrogen-bond donors (Lipinski definition) is 2. The van der Waals surface area contributed by atoms with Gasteiger partial charge in [0.2, 0.25) is 5.91 Å². The molecule has 0 spiro atoms. The molecule has 23 heavy (non-hydrogen) atoms. The first kappa shape index (κ1) is 15.8. The second-order valence-corrected chi connectivity index (χ2v) is 6.03. The van der Waals surface area contributed by atoms with Gasteiger partial charge in [-0.15, -0.1) is 0 Å². The number of carbonyl (C=O) groups is 2. The van der Waals surface area contributed by atoms with Crippen molar-refractivity contribution in [1.82, 2.24) is 10.6 Å². The van der Waals surface area contributed by atoms with Gasteiger partial charge in [-0.3, -0.25) is 9.59 Å². The minimum atomic E-state index is -0.124. The number of nitrogens with zero attached hydrogens (tertiary/aromatic N) is 1. The van der Waals surface area contributed by atoms with Gasteiger partial charge < -0.3 is 20.3 Å². The lowest BCUT2D eigenvalue weighted by Gasteiger charge is -2.17. The van der Waals surface area contributed by atoms with Crippen molar-refractivity contribution in [1.29, 1.82) is 0 Å². The normalized spacial score (nSPS) is 20.8. The molecule has 2 heterocycles. The number of nitrogens with one attached hydrogen (secondary N) is 2. The first-order chi connectivity index (χ1) is 11.2. The Hall–Kier alpha value is -2.08. The van der Waals surface area contributed by atoms with E-state index in [1.807, 2.05) is 18.2 Å². The second kappa shape index (κ2) is 7.46. The van der Waals surface area contributed by atoms with Gasteiger partial charge >= 0.3 is 0 Å². The summed E-state index contributed by atoms with van der Waals surface area (Å²) in [6, 6.07) is 7.73. The van der Waals surface area contributed by atoms with Gasteiger partial charge in [-0.05, 0) is 37.9 Å². The monoisotopic (exact) mass is 317 g/mol. The zero-order valence-corrected chi connectivity index (χ0v) is 13.2. The summed E-state index contributed by atoms with van der Waals surface area (Å²) in [6.07, 6.45) is 3.76. The molecule has 1 aromatic carbocycles. The summed E-state index contributed by atoms with van der Waals surface area (Å²) in [6.45, 7) is 2.41. The summed E-state index contributed by atoms with van der Waals surface area (Å²) in [7, 11) is 0. The summed E-state index contributed by atoms with van der Waals surface area (Å²) in [4.78, 5) is 25.4. The Bertz CT molecular complexity index is 570. The zero-order chi connectivity index (χ0) is 16.1. The number of hydrogen-bond acceptors (Lipinski definition) is 4. The van der Waals surface area contributed by atoms with Crippen LogP contribution < -0.4 is 20.3 Å². The third-order valence-electron chi connectivity index (χ3n) is 4.28. The lowest BCUT2D eigenvalue weighted by atomic mass is 10.2. The Morgan fingerprint density at radius 3 is 3.04 bits per heavy atom. The first-order valence-corrected chi connectivity index (χ1v) is 8.26. The van der Waals surface area contributed by atoms with E-state index < -0.39 is 0 Å². The maximum Gasteiger partial charge on any atom is 0.257 e. The lowest BCUT2D eigenvalue weighted by Crippen LogP contribution is -2.39. The Morgan fingerprint density at radius 2 is 2.30 bits per heavy atom. The molecular formula is C17H23N3O3. The molecule has 0 aromatic heterocycles. The number of carbonyl (C=O) groups excluding carboxylic acids is 2. The summed E-state index contributed by atoms with van der Waals surface area (Å²) in [5.74, 6) is 0.627. The topological polar surface area (TPSA) is 70.7 Å². The molecule has 2 aliphatic rings. The molecule has 2 saturated heterocycles. The molecule has 1 aromatic rings. The molecule has 0 bridgehead atoms. The van der Waals surface area contributed by atoms with Crippen LogP contribution in [0.1, 0.15) is 25.7 Å². The van der Waals surface area contributed by atoms with E-state index in [2.05, 4.69) is 10.6 Å². The van der Waals surface area contributed by atoms with Crippen molar-refractivity contribution < 1.29 is 14.3 Å². The van der Waals surface area contributed by atoms with Crippen LogP contribution in [-0.2, 0) is 9.59 Å². The molecule has 1 unspecified atom stereocenters. The SMILES string of the molecule is O=C(COc1cccc(N2CCCC2=O)c1)NCC1CCCN1. The Labute approximate surface area is 136 Å². The molecular weight excluding hydrogens is 294 g/mol. The van der Waals surface area contributed by atoms with E-state index in [1.165, 1.54) is 6.42 Å². The second-order valence-electron chi connectivity index (χ2n) is 6.03. The van der Waals surface area contributed by atoms with Crippen LogP contribution in [-0.4, -0.2) is 44.1 Å². The predicted octanol–water partition coefficient (Wildman–Crippen LogP) is 1.06.